The molecule has 0 aromatic heterocycles. The maximum atomic E-state index is 6.85. The molecule has 31 heavy (non-hydrogen) atoms. The zero-order valence-corrected chi connectivity index (χ0v) is 17.5. The highest BCUT2D eigenvalue weighted by Gasteiger charge is 2.37. The van der Waals surface area contributed by atoms with E-state index in [1.165, 1.54) is 0 Å². The molecule has 4 aliphatic heterocycles. The van der Waals surface area contributed by atoms with Crippen LogP contribution in [0.15, 0.2) is 24.3 Å². The first-order chi connectivity index (χ1) is 15.1. The Morgan fingerprint density at radius 3 is 1.42 bits per heavy atom. The molecule has 0 aliphatic carbocycles. The molecule has 4 N–H and O–H groups in total. The van der Waals surface area contributed by atoms with Crippen LogP contribution in [-0.4, -0.2) is 50.8 Å². The van der Waals surface area contributed by atoms with Crippen molar-refractivity contribution >= 4 is 11.4 Å². The van der Waals surface area contributed by atoms with Gasteiger partial charge in [0.1, 0.15) is 11.5 Å². The Hall–Kier alpha value is -2.32. The summed E-state index contributed by atoms with van der Waals surface area (Å²) < 4.78 is 28.9. The van der Waals surface area contributed by atoms with Crippen LogP contribution in [0.3, 0.4) is 0 Å². The summed E-state index contributed by atoms with van der Waals surface area (Å²) in [6.07, 6.45) is 4.06. The maximum absolute atomic E-state index is 6.85. The number of hydrogen-bond donors (Lipinski definition) is 2. The second kappa shape index (κ2) is 7.67. The van der Waals surface area contributed by atoms with Crippen LogP contribution in [0, 0.1) is 0 Å². The number of nitrogens with two attached hydrogens (primary N) is 2. The van der Waals surface area contributed by atoms with Crippen LogP contribution in [0.4, 0.5) is 11.4 Å². The first-order valence-electron chi connectivity index (χ1n) is 11.1. The number of hydrogen-bond acceptors (Lipinski definition) is 7. The molecule has 2 aromatic rings. The van der Waals surface area contributed by atoms with Crippen molar-refractivity contribution in [3.8, 4) is 11.5 Å². The van der Waals surface area contributed by atoms with Crippen LogP contribution in [0.25, 0.3) is 0 Å². The molecule has 0 amide bonds. The third-order valence-electron chi connectivity index (χ3n) is 6.36. The third kappa shape index (κ3) is 4.50. The van der Waals surface area contributed by atoms with Gasteiger partial charge in [0.25, 0.3) is 0 Å². The molecule has 7 heteroatoms. The van der Waals surface area contributed by atoms with Crippen LogP contribution in [-0.2, 0) is 44.6 Å². The van der Waals surface area contributed by atoms with Gasteiger partial charge in [0, 0.05) is 48.2 Å². The first kappa shape index (κ1) is 19.4. The minimum absolute atomic E-state index is 0.217. The van der Waals surface area contributed by atoms with Crippen molar-refractivity contribution in [1.29, 1.82) is 0 Å². The number of rotatable bonds is 10. The Balaban J connectivity index is 1.49. The quantitative estimate of drug-likeness (QED) is 0.445. The number of nitrogen functional groups attached to an aromatic ring is 2. The summed E-state index contributed by atoms with van der Waals surface area (Å²) in [6, 6.07) is 7.54. The lowest BCUT2D eigenvalue weighted by molar-refractivity contribution is 0.390. The van der Waals surface area contributed by atoms with Gasteiger partial charge in [0.2, 0.25) is 0 Å². The van der Waals surface area contributed by atoms with Gasteiger partial charge in [-0.3, -0.25) is 0 Å². The Morgan fingerprint density at radius 2 is 1.03 bits per heavy atom. The Labute approximate surface area is 181 Å². The van der Waals surface area contributed by atoms with Gasteiger partial charge in [0.15, 0.2) is 0 Å². The van der Waals surface area contributed by atoms with Crippen LogP contribution in [0.5, 0.6) is 11.5 Å². The number of anilines is 2. The van der Waals surface area contributed by atoms with Gasteiger partial charge in [-0.2, -0.15) is 0 Å². The van der Waals surface area contributed by atoms with E-state index in [0.29, 0.717) is 5.69 Å². The number of ether oxygens (including phenoxy) is 5. The summed E-state index contributed by atoms with van der Waals surface area (Å²) in [5.74, 6) is 1.66. The van der Waals surface area contributed by atoms with Gasteiger partial charge in [-0.25, -0.2) is 0 Å². The van der Waals surface area contributed by atoms with Crippen LogP contribution >= 0.6 is 0 Å². The molecule has 4 aliphatic rings. The second-order valence-corrected chi connectivity index (χ2v) is 8.97. The Kier molecular flexibility index (Phi) is 4.79. The van der Waals surface area contributed by atoms with E-state index in [9.17, 15) is 0 Å². The average Bonchev–Trinajstić information content (AvgIpc) is 3.61. The zero-order valence-electron chi connectivity index (χ0n) is 17.5. The standard InChI is InChI=1S/C24H28N2O5/c25-13-1-3-14(4-2-13)31-24-21(7-17-11-29-17)19(5-15-9-27-15)23(26)20(6-16-10-28-16)22(24)8-18-12-30-18/h1-4,15-18H,5-12,25-26H2. The molecular weight excluding hydrogens is 396 g/mol. The maximum Gasteiger partial charge on any atom is 0.134 e. The molecule has 7 nitrogen and oxygen atoms in total. The van der Waals surface area contributed by atoms with Gasteiger partial charge < -0.3 is 35.2 Å². The smallest absolute Gasteiger partial charge is 0.134 e. The van der Waals surface area contributed by atoms with Crippen LogP contribution in [0.1, 0.15) is 22.3 Å². The van der Waals surface area contributed by atoms with Gasteiger partial charge in [0.05, 0.1) is 50.8 Å². The lowest BCUT2D eigenvalue weighted by Crippen LogP contribution is -2.16. The van der Waals surface area contributed by atoms with Crippen molar-refractivity contribution in [2.75, 3.05) is 37.9 Å². The fourth-order valence-electron chi connectivity index (χ4n) is 4.29. The highest BCUT2D eigenvalue weighted by atomic mass is 16.6. The minimum Gasteiger partial charge on any atom is -0.457 e. The van der Waals surface area contributed by atoms with Gasteiger partial charge in [-0.15, -0.1) is 0 Å². The number of epoxide rings is 4. The summed E-state index contributed by atoms with van der Waals surface area (Å²) >= 11 is 0. The topological polar surface area (TPSA) is 111 Å². The average molecular weight is 424 g/mol. The molecule has 0 bridgehead atoms. The lowest BCUT2D eigenvalue weighted by Gasteiger charge is -2.25. The second-order valence-electron chi connectivity index (χ2n) is 8.97. The predicted octanol–water partition coefficient (Wildman–Crippen LogP) is 2.41. The summed E-state index contributed by atoms with van der Waals surface area (Å²) in [4.78, 5) is 0. The molecule has 4 unspecified atom stereocenters. The monoisotopic (exact) mass is 424 g/mol. The molecular formula is C24H28N2O5. The SMILES string of the molecule is Nc1ccc(Oc2c(CC3CO3)c(CC3CO3)c(N)c(CC3CO3)c2CC2CO2)cc1. The molecule has 0 radical (unpaired) electrons. The molecule has 2 aromatic carbocycles. The van der Waals surface area contributed by atoms with Crippen molar-refractivity contribution in [3.05, 3.63) is 46.5 Å². The normalized spacial score (nSPS) is 27.7. The molecule has 4 atom stereocenters. The number of benzene rings is 2. The molecule has 6 rings (SSSR count). The van der Waals surface area contributed by atoms with E-state index in [4.69, 9.17) is 35.2 Å². The first-order valence-corrected chi connectivity index (χ1v) is 11.1. The highest BCUT2D eigenvalue weighted by molar-refractivity contribution is 5.68. The Morgan fingerprint density at radius 1 is 0.645 bits per heavy atom. The van der Waals surface area contributed by atoms with Crippen LogP contribution < -0.4 is 16.2 Å². The van der Waals surface area contributed by atoms with Crippen molar-refractivity contribution in [2.45, 2.75) is 50.1 Å². The zero-order chi connectivity index (χ0) is 20.9. The fourth-order valence-corrected chi connectivity index (χ4v) is 4.29. The van der Waals surface area contributed by atoms with Gasteiger partial charge in [-0.1, -0.05) is 0 Å². The van der Waals surface area contributed by atoms with E-state index < -0.39 is 0 Å². The van der Waals surface area contributed by atoms with E-state index >= 15 is 0 Å². The van der Waals surface area contributed by atoms with E-state index in [-0.39, 0.29) is 24.4 Å². The summed E-state index contributed by atoms with van der Waals surface area (Å²) in [7, 11) is 0. The van der Waals surface area contributed by atoms with Crippen molar-refractivity contribution in [2.24, 2.45) is 0 Å². The summed E-state index contributed by atoms with van der Waals surface area (Å²) in [5, 5.41) is 0. The predicted molar refractivity (Wildman–Crippen MR) is 116 cm³/mol. The van der Waals surface area contributed by atoms with Crippen molar-refractivity contribution in [1.82, 2.24) is 0 Å². The molecule has 0 spiro atoms. The van der Waals surface area contributed by atoms with Gasteiger partial charge >= 0.3 is 0 Å². The highest BCUT2D eigenvalue weighted by Crippen LogP contribution is 2.44. The molecule has 4 fully saturated rings. The van der Waals surface area contributed by atoms with E-state index in [0.717, 1.165) is 91.6 Å². The van der Waals surface area contributed by atoms with Crippen molar-refractivity contribution in [3.63, 3.8) is 0 Å². The fraction of sp³-hybridized carbons (Fsp3) is 0.500. The Bertz CT molecular complexity index is 923. The van der Waals surface area contributed by atoms with E-state index in [2.05, 4.69) is 0 Å². The molecule has 0 saturated carbocycles. The van der Waals surface area contributed by atoms with E-state index in [1.807, 2.05) is 24.3 Å². The summed E-state index contributed by atoms with van der Waals surface area (Å²) in [5.41, 5.74) is 18.9. The third-order valence-corrected chi connectivity index (χ3v) is 6.36. The lowest BCUT2D eigenvalue weighted by atomic mass is 9.86. The van der Waals surface area contributed by atoms with E-state index in [1.54, 1.807) is 0 Å². The van der Waals surface area contributed by atoms with Gasteiger partial charge in [-0.05, 0) is 35.4 Å². The minimum atomic E-state index is 0.217. The largest absolute Gasteiger partial charge is 0.457 e. The molecule has 4 heterocycles. The molecule has 164 valence electrons. The van der Waals surface area contributed by atoms with Crippen LogP contribution in [0.2, 0.25) is 0 Å². The molecule has 4 saturated heterocycles. The summed E-state index contributed by atoms with van der Waals surface area (Å²) in [6.45, 7) is 3.12. The van der Waals surface area contributed by atoms with Crippen molar-refractivity contribution < 1.29 is 23.7 Å².